The molecule has 1 aromatic heterocycles. The van der Waals surface area contributed by atoms with Crippen LogP contribution in [0.4, 0.5) is 0 Å². The smallest absolute Gasteiger partial charge is 0.339 e. The van der Waals surface area contributed by atoms with E-state index >= 15 is 0 Å². The number of cyclic esters (lactones) is 1. The summed E-state index contributed by atoms with van der Waals surface area (Å²) in [5, 5.41) is 0. The van der Waals surface area contributed by atoms with Crippen molar-refractivity contribution < 1.29 is 33.0 Å². The number of esters is 2. The van der Waals surface area contributed by atoms with Crippen LogP contribution in [0.3, 0.4) is 0 Å². The van der Waals surface area contributed by atoms with Crippen molar-refractivity contribution >= 4 is 17.7 Å². The molecule has 3 heterocycles. The Labute approximate surface area is 199 Å². The zero-order valence-electron chi connectivity index (χ0n) is 20.4. The van der Waals surface area contributed by atoms with Crippen molar-refractivity contribution in [3.63, 3.8) is 0 Å². The summed E-state index contributed by atoms with van der Waals surface area (Å²) in [6, 6.07) is 1.82. The first kappa shape index (κ1) is 23.1. The average molecular weight is 469 g/mol. The molecule has 1 aromatic rings. The third-order valence-electron chi connectivity index (χ3n) is 9.39. The van der Waals surface area contributed by atoms with Crippen molar-refractivity contribution in [2.45, 2.75) is 64.8 Å². The summed E-state index contributed by atoms with van der Waals surface area (Å²) in [5.41, 5.74) is -1.04. The fraction of sp³-hybridized carbons (Fsp3) is 0.593. The molecule has 0 bridgehead atoms. The molecule has 2 unspecified atom stereocenters. The Morgan fingerprint density at radius 1 is 1.21 bits per heavy atom. The van der Waals surface area contributed by atoms with E-state index in [0.717, 1.165) is 24.0 Å². The Morgan fingerprint density at radius 2 is 1.94 bits per heavy atom. The minimum atomic E-state index is -0.856. The molecule has 34 heavy (non-hydrogen) atoms. The standard InChI is InChI=1S/C27H32O7/c1-15-17(25(4)10-8-19(28)24(2,3)18(25)13-20(29)31-6)7-11-26(5)21(16-9-12-32-14-16)33-23(30)22-27(15,26)34-22/h8-10,12,14,17-18,21-22H,1,7,11,13H2,2-6H3/t17?,18?,21-,22+,25+,26-,27+/m0/s1. The molecule has 182 valence electrons. The quantitative estimate of drug-likeness (QED) is 0.368. The highest BCUT2D eigenvalue weighted by Gasteiger charge is 2.80. The second kappa shape index (κ2) is 7.17. The molecular weight excluding hydrogens is 436 g/mol. The van der Waals surface area contributed by atoms with Gasteiger partial charge in [0.05, 0.1) is 26.1 Å². The van der Waals surface area contributed by atoms with E-state index in [4.69, 9.17) is 18.6 Å². The van der Waals surface area contributed by atoms with E-state index in [-0.39, 0.29) is 30.0 Å². The van der Waals surface area contributed by atoms with Gasteiger partial charge >= 0.3 is 11.9 Å². The third-order valence-corrected chi connectivity index (χ3v) is 9.39. The van der Waals surface area contributed by atoms with Gasteiger partial charge in [0.1, 0.15) is 11.7 Å². The van der Waals surface area contributed by atoms with E-state index < -0.39 is 40.0 Å². The number of hydrogen-bond donors (Lipinski definition) is 0. The van der Waals surface area contributed by atoms with Crippen LogP contribution in [0.5, 0.6) is 0 Å². The normalized spacial score (nSPS) is 42.4. The average Bonchev–Trinajstić information content (AvgIpc) is 3.35. The summed E-state index contributed by atoms with van der Waals surface area (Å²) in [7, 11) is 1.36. The van der Waals surface area contributed by atoms with Crippen molar-refractivity contribution in [1.82, 2.24) is 0 Å². The predicted octanol–water partition coefficient (Wildman–Crippen LogP) is 4.34. The Morgan fingerprint density at radius 3 is 2.59 bits per heavy atom. The van der Waals surface area contributed by atoms with E-state index in [2.05, 4.69) is 20.4 Å². The van der Waals surface area contributed by atoms with Crippen LogP contribution in [-0.2, 0) is 28.6 Å². The SMILES string of the molecule is C=C1C([C@@]2(C)C=CC(=O)C(C)(C)C2CC(=O)OC)CC[C@@]2(C)[C@H](c3ccoc3)OC(=O)[C@H]3O[C@]132. The van der Waals surface area contributed by atoms with E-state index in [0.29, 0.717) is 0 Å². The maximum absolute atomic E-state index is 12.9. The van der Waals surface area contributed by atoms with Crippen LogP contribution >= 0.6 is 0 Å². The zero-order chi connectivity index (χ0) is 24.7. The number of carbonyl (C=O) groups excluding carboxylic acids is 3. The maximum Gasteiger partial charge on any atom is 0.339 e. The Bertz CT molecular complexity index is 1100. The van der Waals surface area contributed by atoms with Gasteiger partial charge in [0.15, 0.2) is 11.9 Å². The Kier molecular flexibility index (Phi) is 4.87. The molecule has 1 saturated carbocycles. The topological polar surface area (TPSA) is 95.3 Å². The van der Waals surface area contributed by atoms with Crippen molar-refractivity contribution in [3.8, 4) is 0 Å². The van der Waals surface area contributed by atoms with Crippen molar-refractivity contribution in [3.05, 3.63) is 48.5 Å². The minimum absolute atomic E-state index is 0.00915. The molecule has 1 spiro atoms. The van der Waals surface area contributed by atoms with E-state index in [1.165, 1.54) is 7.11 Å². The fourth-order valence-electron chi connectivity index (χ4n) is 7.27. The number of methoxy groups -OCH3 is 1. The summed E-state index contributed by atoms with van der Waals surface area (Å²) in [4.78, 5) is 38.2. The zero-order valence-corrected chi connectivity index (χ0v) is 20.4. The molecule has 3 fully saturated rings. The summed E-state index contributed by atoms with van der Waals surface area (Å²) >= 11 is 0. The first-order chi connectivity index (χ1) is 15.9. The number of carbonyl (C=O) groups is 3. The van der Waals surface area contributed by atoms with Gasteiger partial charge in [-0.25, -0.2) is 4.79 Å². The van der Waals surface area contributed by atoms with Crippen LogP contribution in [0.2, 0.25) is 0 Å². The number of rotatable bonds is 4. The molecule has 7 atom stereocenters. The van der Waals surface area contributed by atoms with E-state index in [9.17, 15) is 14.4 Å². The van der Waals surface area contributed by atoms with Gasteiger partial charge < -0.3 is 18.6 Å². The summed E-state index contributed by atoms with van der Waals surface area (Å²) in [6.45, 7) is 12.5. The Balaban J connectivity index is 1.57. The number of ether oxygens (including phenoxy) is 3. The van der Waals surface area contributed by atoms with E-state index in [1.807, 2.05) is 26.0 Å². The first-order valence-electron chi connectivity index (χ1n) is 11.8. The molecule has 0 N–H and O–H groups in total. The summed E-state index contributed by atoms with van der Waals surface area (Å²) in [6.07, 6.45) is 7.16. The lowest BCUT2D eigenvalue weighted by molar-refractivity contribution is -0.168. The van der Waals surface area contributed by atoms with Crippen LogP contribution in [-0.4, -0.2) is 36.5 Å². The molecule has 0 aromatic carbocycles. The molecule has 5 rings (SSSR count). The molecule has 0 radical (unpaired) electrons. The second-order valence-corrected chi connectivity index (χ2v) is 11.3. The van der Waals surface area contributed by atoms with Crippen LogP contribution in [0.1, 0.15) is 58.6 Å². The lowest BCUT2D eigenvalue weighted by Gasteiger charge is -2.56. The van der Waals surface area contributed by atoms with Gasteiger partial charge in [0.2, 0.25) is 0 Å². The number of epoxide rings is 1. The highest BCUT2D eigenvalue weighted by atomic mass is 16.7. The third kappa shape index (κ3) is 2.76. The van der Waals surface area contributed by atoms with Gasteiger partial charge in [-0.1, -0.05) is 40.3 Å². The second-order valence-electron chi connectivity index (χ2n) is 11.3. The minimum Gasteiger partial charge on any atom is -0.472 e. The molecule has 2 aliphatic heterocycles. The van der Waals surface area contributed by atoms with Crippen LogP contribution in [0.25, 0.3) is 0 Å². The predicted molar refractivity (Wildman–Crippen MR) is 121 cm³/mol. The highest BCUT2D eigenvalue weighted by molar-refractivity contribution is 5.96. The highest BCUT2D eigenvalue weighted by Crippen LogP contribution is 2.72. The van der Waals surface area contributed by atoms with Gasteiger partial charge in [-0.05, 0) is 47.8 Å². The van der Waals surface area contributed by atoms with Gasteiger partial charge in [-0.15, -0.1) is 0 Å². The molecule has 0 amide bonds. The molecule has 2 aliphatic carbocycles. The molecule has 7 nitrogen and oxygen atoms in total. The molecule has 4 aliphatic rings. The lowest BCUT2D eigenvalue weighted by atomic mass is 9.47. The van der Waals surface area contributed by atoms with Crippen molar-refractivity contribution in [1.29, 1.82) is 0 Å². The van der Waals surface area contributed by atoms with Gasteiger partial charge in [0.25, 0.3) is 0 Å². The number of ketones is 1. The molecule has 2 saturated heterocycles. The fourth-order valence-corrected chi connectivity index (χ4v) is 7.27. The summed E-state index contributed by atoms with van der Waals surface area (Å²) in [5.74, 6) is -1.15. The number of furan rings is 1. The maximum atomic E-state index is 12.9. The monoisotopic (exact) mass is 468 g/mol. The largest absolute Gasteiger partial charge is 0.472 e. The first-order valence-corrected chi connectivity index (χ1v) is 11.8. The number of hydrogen-bond acceptors (Lipinski definition) is 7. The van der Waals surface area contributed by atoms with Gasteiger partial charge in [0, 0.05) is 16.4 Å². The lowest BCUT2D eigenvalue weighted by Crippen LogP contribution is -2.58. The molecule has 7 heteroatoms. The van der Waals surface area contributed by atoms with Gasteiger partial charge in [-0.2, -0.15) is 0 Å². The van der Waals surface area contributed by atoms with Crippen LogP contribution < -0.4 is 0 Å². The summed E-state index contributed by atoms with van der Waals surface area (Å²) < 4.78 is 22.4. The Hall–Kier alpha value is -2.67. The number of allylic oxidation sites excluding steroid dienone is 2. The van der Waals surface area contributed by atoms with E-state index in [1.54, 1.807) is 18.6 Å². The van der Waals surface area contributed by atoms with Crippen molar-refractivity contribution in [2.24, 2.45) is 28.1 Å². The van der Waals surface area contributed by atoms with Crippen LogP contribution in [0, 0.1) is 28.1 Å². The van der Waals surface area contributed by atoms with Crippen LogP contribution in [0.15, 0.2) is 47.3 Å². The van der Waals surface area contributed by atoms with Crippen molar-refractivity contribution in [2.75, 3.05) is 7.11 Å². The molecular formula is C27H32O7. The van der Waals surface area contributed by atoms with Gasteiger partial charge in [-0.3, -0.25) is 9.59 Å².